The third-order valence-electron chi connectivity index (χ3n) is 3.92. The minimum Gasteiger partial charge on any atom is -0.349 e. The summed E-state index contributed by atoms with van der Waals surface area (Å²) in [6, 6.07) is 18.3. The molecule has 0 saturated carbocycles. The third-order valence-corrected chi connectivity index (χ3v) is 4.92. The van der Waals surface area contributed by atoms with Gasteiger partial charge >= 0.3 is 0 Å². The van der Waals surface area contributed by atoms with Gasteiger partial charge in [0.05, 0.1) is 18.1 Å². The molecule has 0 aliphatic carbocycles. The van der Waals surface area contributed by atoms with E-state index in [0.717, 1.165) is 17.0 Å². The van der Waals surface area contributed by atoms with Gasteiger partial charge in [-0.3, -0.25) is 4.79 Å². The molecule has 0 spiro atoms. The first-order valence-corrected chi connectivity index (χ1v) is 9.37. The largest absolute Gasteiger partial charge is 0.349 e. The number of carbonyl (C=O) groups excluding carboxylic acids is 1. The van der Waals surface area contributed by atoms with E-state index in [1.807, 2.05) is 60.2 Å². The quantitative estimate of drug-likeness (QED) is 0.700. The molecule has 1 aromatic heterocycles. The molecule has 0 saturated heterocycles. The van der Waals surface area contributed by atoms with E-state index in [1.165, 1.54) is 5.56 Å². The summed E-state index contributed by atoms with van der Waals surface area (Å²) in [4.78, 5) is 16.2. The molecule has 1 atom stereocenters. The van der Waals surface area contributed by atoms with Gasteiger partial charge in [0, 0.05) is 23.8 Å². The fourth-order valence-corrected chi connectivity index (χ4v) is 3.35. The molecule has 3 aromatic rings. The number of imidazole rings is 1. The summed E-state index contributed by atoms with van der Waals surface area (Å²) >= 11 is 1.63. The van der Waals surface area contributed by atoms with E-state index in [9.17, 15) is 4.79 Å². The molecule has 0 aliphatic heterocycles. The summed E-state index contributed by atoms with van der Waals surface area (Å²) in [5.41, 5.74) is 3.38. The van der Waals surface area contributed by atoms with E-state index in [1.54, 1.807) is 24.3 Å². The Labute approximate surface area is 152 Å². The third kappa shape index (κ3) is 4.97. The molecule has 0 aliphatic rings. The molecule has 1 heterocycles. The molecule has 2 aromatic carbocycles. The number of thioether (sulfide) groups is 1. The Kier molecular flexibility index (Phi) is 5.90. The van der Waals surface area contributed by atoms with Gasteiger partial charge in [-0.25, -0.2) is 4.98 Å². The van der Waals surface area contributed by atoms with Gasteiger partial charge in [-0.05, 0) is 30.2 Å². The first-order valence-electron chi connectivity index (χ1n) is 8.22. The van der Waals surface area contributed by atoms with Crippen LogP contribution in [0.15, 0.2) is 73.3 Å². The maximum atomic E-state index is 12.1. The van der Waals surface area contributed by atoms with E-state index in [-0.39, 0.29) is 11.9 Å². The number of benzene rings is 2. The van der Waals surface area contributed by atoms with Gasteiger partial charge < -0.3 is 9.88 Å². The molecule has 25 heavy (non-hydrogen) atoms. The Hall–Kier alpha value is -2.53. The zero-order valence-electron chi connectivity index (χ0n) is 14.1. The number of carbonyl (C=O) groups is 1. The van der Waals surface area contributed by atoms with Gasteiger partial charge in [-0.15, -0.1) is 11.8 Å². The summed E-state index contributed by atoms with van der Waals surface area (Å²) in [6.07, 6.45) is 5.43. The lowest BCUT2D eigenvalue weighted by molar-refractivity contribution is -0.119. The van der Waals surface area contributed by atoms with Crippen LogP contribution in [-0.4, -0.2) is 21.2 Å². The molecule has 128 valence electrons. The second-order valence-corrected chi connectivity index (χ2v) is 6.81. The zero-order valence-corrected chi connectivity index (χ0v) is 14.9. The smallest absolute Gasteiger partial charge is 0.230 e. The Balaban J connectivity index is 1.48. The molecule has 0 bridgehead atoms. The van der Waals surface area contributed by atoms with E-state index in [2.05, 4.69) is 22.4 Å². The lowest BCUT2D eigenvalue weighted by Crippen LogP contribution is -2.28. The maximum absolute atomic E-state index is 12.1. The van der Waals surface area contributed by atoms with Crippen LogP contribution in [0.25, 0.3) is 5.69 Å². The van der Waals surface area contributed by atoms with Gasteiger partial charge in [0.2, 0.25) is 5.91 Å². The fraction of sp³-hybridized carbons (Fsp3) is 0.200. The highest BCUT2D eigenvalue weighted by Gasteiger charge is 2.10. The Morgan fingerprint density at radius 1 is 1.16 bits per heavy atom. The topological polar surface area (TPSA) is 46.9 Å². The van der Waals surface area contributed by atoms with Crippen LogP contribution >= 0.6 is 11.8 Å². The SMILES string of the molecule is C[C@H](NC(=O)CSCc1ccccc1)c1ccc(-n2ccnc2)cc1. The molecule has 5 heteroatoms. The van der Waals surface area contributed by atoms with Crippen molar-refractivity contribution in [1.82, 2.24) is 14.9 Å². The van der Waals surface area contributed by atoms with Crippen molar-refractivity contribution < 1.29 is 4.79 Å². The number of hydrogen-bond donors (Lipinski definition) is 1. The van der Waals surface area contributed by atoms with Crippen molar-refractivity contribution in [3.05, 3.63) is 84.4 Å². The fourth-order valence-electron chi connectivity index (χ4n) is 2.55. The minimum atomic E-state index is -0.0123. The lowest BCUT2D eigenvalue weighted by atomic mass is 10.1. The highest BCUT2D eigenvalue weighted by Crippen LogP contribution is 2.16. The van der Waals surface area contributed by atoms with Gasteiger partial charge in [-0.1, -0.05) is 42.5 Å². The zero-order chi connectivity index (χ0) is 17.5. The standard InChI is InChI=1S/C20H21N3OS/c1-16(18-7-9-19(10-8-18)23-12-11-21-15-23)22-20(24)14-25-13-17-5-3-2-4-6-17/h2-12,15-16H,13-14H2,1H3,(H,22,24)/t16-/m0/s1. The summed E-state index contributed by atoms with van der Waals surface area (Å²) < 4.78 is 1.95. The number of nitrogens with zero attached hydrogens (tertiary/aromatic N) is 2. The first kappa shape index (κ1) is 17.3. The highest BCUT2D eigenvalue weighted by molar-refractivity contribution is 7.99. The monoisotopic (exact) mass is 351 g/mol. The van der Waals surface area contributed by atoms with Crippen molar-refractivity contribution in [1.29, 1.82) is 0 Å². The Morgan fingerprint density at radius 3 is 2.60 bits per heavy atom. The molecule has 0 unspecified atom stereocenters. The van der Waals surface area contributed by atoms with Gasteiger partial charge in [0.25, 0.3) is 0 Å². The number of rotatable bonds is 7. The van der Waals surface area contributed by atoms with Crippen molar-refractivity contribution in [2.45, 2.75) is 18.7 Å². The number of amides is 1. The number of hydrogen-bond acceptors (Lipinski definition) is 3. The van der Waals surface area contributed by atoms with Crippen LogP contribution in [0.1, 0.15) is 24.1 Å². The van der Waals surface area contributed by atoms with Crippen LogP contribution < -0.4 is 5.32 Å². The van der Waals surface area contributed by atoms with Crippen molar-refractivity contribution in [3.63, 3.8) is 0 Å². The average molecular weight is 351 g/mol. The minimum absolute atomic E-state index is 0.0123. The van der Waals surface area contributed by atoms with E-state index in [4.69, 9.17) is 0 Å². The number of nitrogens with one attached hydrogen (secondary N) is 1. The predicted molar refractivity (Wildman–Crippen MR) is 103 cm³/mol. The lowest BCUT2D eigenvalue weighted by Gasteiger charge is -2.15. The highest BCUT2D eigenvalue weighted by atomic mass is 32.2. The van der Waals surface area contributed by atoms with Crippen LogP contribution in [0.3, 0.4) is 0 Å². The summed E-state index contributed by atoms with van der Waals surface area (Å²) in [5, 5.41) is 3.06. The molecule has 4 nitrogen and oxygen atoms in total. The second kappa shape index (κ2) is 8.53. The van der Waals surface area contributed by atoms with Gasteiger partial charge in [0.15, 0.2) is 0 Å². The van der Waals surface area contributed by atoms with E-state index >= 15 is 0 Å². The molecule has 0 fully saturated rings. The summed E-state index contributed by atoms with van der Waals surface area (Å²) in [5.74, 6) is 1.38. The predicted octanol–water partition coefficient (Wildman–Crippen LogP) is 3.98. The van der Waals surface area contributed by atoms with Crippen LogP contribution in [0.2, 0.25) is 0 Å². The van der Waals surface area contributed by atoms with Crippen molar-refractivity contribution >= 4 is 17.7 Å². The molecule has 0 radical (unpaired) electrons. The van der Waals surface area contributed by atoms with Gasteiger partial charge in [0.1, 0.15) is 0 Å². The maximum Gasteiger partial charge on any atom is 0.230 e. The Morgan fingerprint density at radius 2 is 1.92 bits per heavy atom. The van der Waals surface area contributed by atoms with Crippen LogP contribution in [0.4, 0.5) is 0 Å². The summed E-state index contributed by atoms with van der Waals surface area (Å²) in [7, 11) is 0. The molecule has 3 rings (SSSR count). The van der Waals surface area contributed by atoms with E-state index < -0.39 is 0 Å². The van der Waals surface area contributed by atoms with Crippen LogP contribution in [0, 0.1) is 0 Å². The Bertz CT molecular complexity index is 786. The van der Waals surface area contributed by atoms with Crippen LogP contribution in [0.5, 0.6) is 0 Å². The van der Waals surface area contributed by atoms with Crippen molar-refractivity contribution in [2.75, 3.05) is 5.75 Å². The average Bonchev–Trinajstić information content (AvgIpc) is 3.17. The molecule has 1 amide bonds. The van der Waals surface area contributed by atoms with E-state index in [0.29, 0.717) is 5.75 Å². The molecular weight excluding hydrogens is 330 g/mol. The van der Waals surface area contributed by atoms with Crippen molar-refractivity contribution in [3.8, 4) is 5.69 Å². The number of aromatic nitrogens is 2. The second-order valence-electron chi connectivity index (χ2n) is 5.83. The normalized spacial score (nSPS) is 11.9. The van der Waals surface area contributed by atoms with Gasteiger partial charge in [-0.2, -0.15) is 0 Å². The first-order chi connectivity index (χ1) is 12.2. The van der Waals surface area contributed by atoms with Crippen molar-refractivity contribution in [2.24, 2.45) is 0 Å². The molecule has 1 N–H and O–H groups in total. The summed E-state index contributed by atoms with van der Waals surface area (Å²) in [6.45, 7) is 2.01. The molecular formula is C20H21N3OS. The van der Waals surface area contributed by atoms with Crippen LogP contribution in [-0.2, 0) is 10.5 Å².